The van der Waals surface area contributed by atoms with Crippen LogP contribution in [0.4, 0.5) is 10.5 Å². The number of hydrogen-bond donors (Lipinski definition) is 1. The van der Waals surface area contributed by atoms with Crippen LogP contribution in [0.5, 0.6) is 0 Å². The molecule has 28 heavy (non-hydrogen) atoms. The number of anilines is 1. The Morgan fingerprint density at radius 3 is 2.36 bits per heavy atom. The lowest BCUT2D eigenvalue weighted by Gasteiger charge is -2.26. The number of nitrogens with zero attached hydrogens (tertiary/aromatic N) is 3. The highest BCUT2D eigenvalue weighted by atomic mass is 16.2. The Balaban J connectivity index is 1.67. The molecule has 4 rings (SSSR count). The molecule has 1 fully saturated rings. The van der Waals surface area contributed by atoms with Crippen molar-refractivity contribution in [1.29, 1.82) is 0 Å². The van der Waals surface area contributed by atoms with Crippen molar-refractivity contribution in [3.8, 4) is 5.69 Å². The summed E-state index contributed by atoms with van der Waals surface area (Å²) in [6.07, 6.45) is 4.68. The van der Waals surface area contributed by atoms with Crippen LogP contribution in [-0.4, -0.2) is 27.6 Å². The predicted molar refractivity (Wildman–Crippen MR) is 104 cm³/mol. The molecule has 138 valence electrons. The van der Waals surface area contributed by atoms with Crippen molar-refractivity contribution in [2.75, 3.05) is 4.90 Å². The molecule has 1 N–H and O–H groups in total. The minimum Gasteiger partial charge on any atom is -0.273 e. The third kappa shape index (κ3) is 3.21. The second kappa shape index (κ2) is 6.96. The van der Waals surface area contributed by atoms with Gasteiger partial charge in [0.2, 0.25) is 0 Å². The highest BCUT2D eigenvalue weighted by Crippen LogP contribution is 2.22. The van der Waals surface area contributed by atoms with Crippen molar-refractivity contribution in [3.05, 3.63) is 83.7 Å². The summed E-state index contributed by atoms with van der Waals surface area (Å²) in [5.74, 6) is -1.41. The minimum atomic E-state index is -0.768. The van der Waals surface area contributed by atoms with Crippen molar-refractivity contribution in [1.82, 2.24) is 15.1 Å². The number of para-hydroxylation sites is 1. The molecular formula is C21H16N4O3. The van der Waals surface area contributed by atoms with Gasteiger partial charge in [0.15, 0.2) is 0 Å². The topological polar surface area (TPSA) is 84.3 Å². The van der Waals surface area contributed by atoms with Crippen LogP contribution in [0.2, 0.25) is 0 Å². The molecule has 1 aliphatic heterocycles. The van der Waals surface area contributed by atoms with E-state index in [1.807, 2.05) is 37.3 Å². The Morgan fingerprint density at radius 1 is 0.929 bits per heavy atom. The molecule has 0 atom stereocenters. The Bertz CT molecular complexity index is 1100. The van der Waals surface area contributed by atoms with Crippen LogP contribution in [0.25, 0.3) is 11.8 Å². The van der Waals surface area contributed by atoms with E-state index < -0.39 is 17.8 Å². The fraction of sp³-hybridized carbons (Fsp3) is 0.0476. The lowest BCUT2D eigenvalue weighted by Crippen LogP contribution is -2.54. The zero-order chi connectivity index (χ0) is 19.7. The van der Waals surface area contributed by atoms with E-state index in [1.165, 1.54) is 6.08 Å². The molecule has 0 spiro atoms. The van der Waals surface area contributed by atoms with Gasteiger partial charge in [-0.2, -0.15) is 5.10 Å². The lowest BCUT2D eigenvalue weighted by molar-refractivity contribution is -0.122. The first-order valence-corrected chi connectivity index (χ1v) is 8.61. The lowest BCUT2D eigenvalue weighted by atomic mass is 10.1. The number of imide groups is 2. The highest BCUT2D eigenvalue weighted by Gasteiger charge is 2.36. The van der Waals surface area contributed by atoms with E-state index in [0.717, 1.165) is 16.2 Å². The summed E-state index contributed by atoms with van der Waals surface area (Å²) >= 11 is 0. The molecule has 3 aromatic rings. The molecule has 7 nitrogen and oxygen atoms in total. The summed E-state index contributed by atoms with van der Waals surface area (Å²) in [6.45, 7) is 1.90. The number of amides is 4. The Morgan fingerprint density at radius 2 is 1.64 bits per heavy atom. The fourth-order valence-electron chi connectivity index (χ4n) is 2.89. The number of carbonyl (C=O) groups is 3. The zero-order valence-corrected chi connectivity index (χ0v) is 15.0. The van der Waals surface area contributed by atoms with Gasteiger partial charge in [-0.3, -0.25) is 14.9 Å². The maximum atomic E-state index is 12.9. The summed E-state index contributed by atoms with van der Waals surface area (Å²) in [7, 11) is 0. The van der Waals surface area contributed by atoms with Gasteiger partial charge in [0.05, 0.1) is 17.6 Å². The highest BCUT2D eigenvalue weighted by molar-refractivity contribution is 6.39. The van der Waals surface area contributed by atoms with Crippen molar-refractivity contribution < 1.29 is 14.4 Å². The van der Waals surface area contributed by atoms with Gasteiger partial charge in [0, 0.05) is 11.8 Å². The van der Waals surface area contributed by atoms with Gasteiger partial charge in [-0.15, -0.1) is 0 Å². The fourth-order valence-corrected chi connectivity index (χ4v) is 2.89. The van der Waals surface area contributed by atoms with Crippen molar-refractivity contribution in [2.45, 2.75) is 6.92 Å². The number of urea groups is 1. The summed E-state index contributed by atoms with van der Waals surface area (Å²) < 4.78 is 1.64. The van der Waals surface area contributed by atoms with E-state index in [2.05, 4.69) is 10.4 Å². The molecule has 0 aliphatic carbocycles. The number of nitrogens with one attached hydrogen (secondary N) is 1. The minimum absolute atomic E-state index is 0.132. The molecular weight excluding hydrogens is 356 g/mol. The number of carbonyl (C=O) groups excluding carboxylic acids is 3. The Hall–Kier alpha value is -4.00. The third-order valence-corrected chi connectivity index (χ3v) is 4.33. The van der Waals surface area contributed by atoms with Crippen LogP contribution in [0.1, 0.15) is 11.1 Å². The van der Waals surface area contributed by atoms with Gasteiger partial charge in [-0.25, -0.2) is 14.4 Å². The zero-order valence-electron chi connectivity index (χ0n) is 15.0. The smallest absolute Gasteiger partial charge is 0.273 e. The molecule has 2 aromatic carbocycles. The van der Waals surface area contributed by atoms with Gasteiger partial charge < -0.3 is 0 Å². The molecule has 1 aromatic heterocycles. The molecule has 1 saturated heterocycles. The maximum absolute atomic E-state index is 12.9. The Labute approximate surface area is 160 Å². The van der Waals surface area contributed by atoms with Crippen LogP contribution >= 0.6 is 0 Å². The maximum Gasteiger partial charge on any atom is 0.335 e. The second-order valence-electron chi connectivity index (χ2n) is 6.35. The van der Waals surface area contributed by atoms with E-state index in [1.54, 1.807) is 41.3 Å². The van der Waals surface area contributed by atoms with E-state index in [9.17, 15) is 14.4 Å². The quantitative estimate of drug-likeness (QED) is 0.566. The molecule has 0 saturated carbocycles. The van der Waals surface area contributed by atoms with Gasteiger partial charge in [-0.05, 0) is 37.3 Å². The number of benzene rings is 2. The summed E-state index contributed by atoms with van der Waals surface area (Å²) in [5, 5.41) is 6.47. The largest absolute Gasteiger partial charge is 0.335 e. The number of hydrogen-bond acceptors (Lipinski definition) is 4. The van der Waals surface area contributed by atoms with Crippen LogP contribution < -0.4 is 10.2 Å². The normalized spacial score (nSPS) is 15.8. The average molecular weight is 372 g/mol. The first-order chi connectivity index (χ1) is 13.5. The van der Waals surface area contributed by atoms with Crippen molar-refractivity contribution >= 4 is 29.6 Å². The number of rotatable bonds is 3. The Kier molecular flexibility index (Phi) is 4.33. The monoisotopic (exact) mass is 372 g/mol. The molecule has 7 heteroatoms. The number of aromatic nitrogens is 2. The first kappa shape index (κ1) is 17.4. The third-order valence-electron chi connectivity index (χ3n) is 4.33. The van der Waals surface area contributed by atoms with E-state index in [4.69, 9.17) is 0 Å². The van der Waals surface area contributed by atoms with E-state index in [-0.39, 0.29) is 5.57 Å². The second-order valence-corrected chi connectivity index (χ2v) is 6.35. The molecule has 0 unspecified atom stereocenters. The van der Waals surface area contributed by atoms with Crippen molar-refractivity contribution in [2.24, 2.45) is 0 Å². The van der Waals surface area contributed by atoms with Gasteiger partial charge in [-0.1, -0.05) is 35.9 Å². The van der Waals surface area contributed by atoms with Crippen LogP contribution in [0.3, 0.4) is 0 Å². The van der Waals surface area contributed by atoms with E-state index in [0.29, 0.717) is 11.3 Å². The molecule has 4 amide bonds. The summed E-state index contributed by atoms with van der Waals surface area (Å²) in [4.78, 5) is 38.3. The molecule has 1 aliphatic rings. The average Bonchev–Trinajstić information content (AvgIpc) is 3.16. The van der Waals surface area contributed by atoms with Gasteiger partial charge >= 0.3 is 6.03 Å². The van der Waals surface area contributed by atoms with Gasteiger partial charge in [0.25, 0.3) is 11.8 Å². The molecule has 0 radical (unpaired) electrons. The summed E-state index contributed by atoms with van der Waals surface area (Å²) in [5.41, 5.74) is 2.68. The van der Waals surface area contributed by atoms with Crippen molar-refractivity contribution in [3.63, 3.8) is 0 Å². The first-order valence-electron chi connectivity index (χ1n) is 8.61. The number of barbiturate groups is 1. The standard InChI is InChI=1S/C21H16N4O3/c1-14-7-9-17(10-8-14)25-20(27)18(19(26)23-21(25)28)11-15-12-22-24(13-15)16-5-3-2-4-6-16/h2-13H,1H3,(H,23,26,28)/b18-11-. The van der Waals surface area contributed by atoms with Crippen LogP contribution in [0, 0.1) is 6.92 Å². The molecule has 2 heterocycles. The summed E-state index contributed by atoms with van der Waals surface area (Å²) in [6, 6.07) is 15.6. The van der Waals surface area contributed by atoms with Crippen LogP contribution in [0.15, 0.2) is 72.6 Å². The predicted octanol–water partition coefficient (Wildman–Crippen LogP) is 2.85. The van der Waals surface area contributed by atoms with Gasteiger partial charge in [0.1, 0.15) is 5.57 Å². The molecule has 0 bridgehead atoms. The van der Waals surface area contributed by atoms with Crippen LogP contribution in [-0.2, 0) is 9.59 Å². The number of aryl methyl sites for hydroxylation is 1. The van der Waals surface area contributed by atoms with E-state index >= 15 is 0 Å². The SMILES string of the molecule is Cc1ccc(N2C(=O)NC(=O)/C(=C/c3cnn(-c4ccccc4)c3)C2=O)cc1.